The summed E-state index contributed by atoms with van der Waals surface area (Å²) in [5, 5.41) is 11.2. The summed E-state index contributed by atoms with van der Waals surface area (Å²) in [6.45, 7) is 5.44. The van der Waals surface area contributed by atoms with Crippen molar-refractivity contribution >= 4 is 11.9 Å². The Balaban J connectivity index is 4.75. The molecular formula is C13H23F3N2O3. The maximum atomic E-state index is 12.7. The molecule has 0 radical (unpaired) electrons. The van der Waals surface area contributed by atoms with Crippen LogP contribution in [-0.2, 0) is 9.59 Å². The van der Waals surface area contributed by atoms with Crippen molar-refractivity contribution in [2.24, 2.45) is 17.1 Å². The van der Waals surface area contributed by atoms with E-state index in [0.29, 0.717) is 0 Å². The number of carboxylic acid groups (broad SMARTS) is 1. The molecule has 0 saturated carbocycles. The van der Waals surface area contributed by atoms with Crippen LogP contribution in [0.15, 0.2) is 0 Å². The van der Waals surface area contributed by atoms with Crippen LogP contribution in [0.1, 0.15) is 40.5 Å². The first-order chi connectivity index (χ1) is 9.28. The molecule has 21 heavy (non-hydrogen) atoms. The SMILES string of the molecule is CC(C)CC(NC(=O)[C@H](N)CC(C)(C)C(F)(F)F)C(=O)O. The van der Waals surface area contributed by atoms with E-state index in [0.717, 1.165) is 13.8 Å². The molecule has 1 unspecified atom stereocenters. The molecule has 0 bridgehead atoms. The first-order valence-electron chi connectivity index (χ1n) is 6.63. The van der Waals surface area contributed by atoms with Gasteiger partial charge in [-0.3, -0.25) is 4.79 Å². The minimum Gasteiger partial charge on any atom is -0.480 e. The van der Waals surface area contributed by atoms with Crippen LogP contribution < -0.4 is 11.1 Å². The van der Waals surface area contributed by atoms with Crippen molar-refractivity contribution in [1.82, 2.24) is 5.32 Å². The van der Waals surface area contributed by atoms with Crippen molar-refractivity contribution < 1.29 is 27.9 Å². The summed E-state index contributed by atoms with van der Waals surface area (Å²) >= 11 is 0. The van der Waals surface area contributed by atoms with Gasteiger partial charge in [0.2, 0.25) is 5.91 Å². The van der Waals surface area contributed by atoms with Crippen molar-refractivity contribution in [3.05, 3.63) is 0 Å². The predicted molar refractivity (Wildman–Crippen MR) is 71.4 cm³/mol. The Bertz CT molecular complexity index is 381. The van der Waals surface area contributed by atoms with Crippen molar-refractivity contribution in [2.75, 3.05) is 0 Å². The molecular weight excluding hydrogens is 289 g/mol. The number of nitrogens with two attached hydrogens (primary N) is 1. The van der Waals surface area contributed by atoms with Gasteiger partial charge in [-0.1, -0.05) is 27.7 Å². The minimum absolute atomic E-state index is 0.00856. The molecule has 0 aromatic rings. The Morgan fingerprint density at radius 1 is 1.24 bits per heavy atom. The number of carbonyl (C=O) groups excluding carboxylic acids is 1. The lowest BCUT2D eigenvalue weighted by atomic mass is 9.85. The lowest BCUT2D eigenvalue weighted by Crippen LogP contribution is -2.51. The molecule has 0 rings (SSSR count). The molecule has 4 N–H and O–H groups in total. The number of hydrogen-bond acceptors (Lipinski definition) is 3. The van der Waals surface area contributed by atoms with Gasteiger partial charge in [0, 0.05) is 0 Å². The minimum atomic E-state index is -4.49. The fourth-order valence-corrected chi connectivity index (χ4v) is 1.73. The van der Waals surface area contributed by atoms with E-state index in [9.17, 15) is 22.8 Å². The molecule has 1 amide bonds. The third-order valence-electron chi connectivity index (χ3n) is 3.16. The van der Waals surface area contributed by atoms with Gasteiger partial charge in [0.15, 0.2) is 0 Å². The molecule has 0 saturated heterocycles. The number of carbonyl (C=O) groups is 2. The molecule has 124 valence electrons. The van der Waals surface area contributed by atoms with Crippen LogP contribution in [0.4, 0.5) is 13.2 Å². The third-order valence-corrected chi connectivity index (χ3v) is 3.16. The fourth-order valence-electron chi connectivity index (χ4n) is 1.73. The van der Waals surface area contributed by atoms with Crippen molar-refractivity contribution in [2.45, 2.75) is 58.8 Å². The molecule has 0 aromatic heterocycles. The number of carboxylic acids is 1. The number of aliphatic carboxylic acids is 1. The van der Waals surface area contributed by atoms with Crippen LogP contribution in [-0.4, -0.2) is 35.2 Å². The smallest absolute Gasteiger partial charge is 0.394 e. The van der Waals surface area contributed by atoms with Crippen LogP contribution in [0.5, 0.6) is 0 Å². The van der Waals surface area contributed by atoms with E-state index in [1.165, 1.54) is 0 Å². The highest BCUT2D eigenvalue weighted by molar-refractivity contribution is 5.86. The summed E-state index contributed by atoms with van der Waals surface area (Å²) in [5.74, 6) is -2.12. The Morgan fingerprint density at radius 3 is 2.05 bits per heavy atom. The van der Waals surface area contributed by atoms with Gasteiger partial charge in [0.25, 0.3) is 0 Å². The molecule has 0 aliphatic carbocycles. The average molecular weight is 312 g/mol. The Labute approximate surface area is 122 Å². The van der Waals surface area contributed by atoms with E-state index in [1.807, 2.05) is 0 Å². The van der Waals surface area contributed by atoms with Crippen LogP contribution in [0.25, 0.3) is 0 Å². The monoisotopic (exact) mass is 312 g/mol. The zero-order chi connectivity index (χ0) is 17.0. The number of halogens is 3. The van der Waals surface area contributed by atoms with Gasteiger partial charge >= 0.3 is 12.1 Å². The second-order valence-electron chi connectivity index (χ2n) is 6.22. The average Bonchev–Trinajstić information content (AvgIpc) is 2.24. The lowest BCUT2D eigenvalue weighted by molar-refractivity contribution is -0.214. The summed E-state index contributed by atoms with van der Waals surface area (Å²) in [4.78, 5) is 22.8. The molecule has 0 fully saturated rings. The third kappa shape index (κ3) is 6.33. The number of rotatable bonds is 7. The fraction of sp³-hybridized carbons (Fsp3) is 0.846. The maximum absolute atomic E-state index is 12.7. The van der Waals surface area contributed by atoms with Crippen molar-refractivity contribution in [3.63, 3.8) is 0 Å². The van der Waals surface area contributed by atoms with E-state index in [1.54, 1.807) is 13.8 Å². The quantitative estimate of drug-likeness (QED) is 0.669. The van der Waals surface area contributed by atoms with Gasteiger partial charge in [-0.25, -0.2) is 4.79 Å². The summed E-state index contributed by atoms with van der Waals surface area (Å²) in [6, 6.07) is -2.58. The van der Waals surface area contributed by atoms with Gasteiger partial charge in [-0.15, -0.1) is 0 Å². The standard InChI is InChI=1S/C13H23F3N2O3/c1-7(2)5-9(11(20)21)18-10(19)8(17)6-12(3,4)13(14,15)16/h7-9H,5-6,17H2,1-4H3,(H,18,19)(H,20,21)/t8-,9?/m1/s1. The molecule has 0 aliphatic rings. The highest BCUT2D eigenvalue weighted by Gasteiger charge is 2.48. The predicted octanol–water partition coefficient (Wildman–Crippen LogP) is 1.91. The molecule has 0 heterocycles. The lowest BCUT2D eigenvalue weighted by Gasteiger charge is -2.30. The number of alkyl halides is 3. The van der Waals surface area contributed by atoms with Crippen molar-refractivity contribution in [1.29, 1.82) is 0 Å². The second-order valence-corrected chi connectivity index (χ2v) is 6.22. The maximum Gasteiger partial charge on any atom is 0.394 e. The van der Waals surface area contributed by atoms with Gasteiger partial charge in [-0.05, 0) is 18.8 Å². The number of hydrogen-bond donors (Lipinski definition) is 3. The van der Waals surface area contributed by atoms with Gasteiger partial charge in [-0.2, -0.15) is 13.2 Å². The van der Waals surface area contributed by atoms with Gasteiger partial charge in [0.05, 0.1) is 11.5 Å². The van der Waals surface area contributed by atoms with Crippen molar-refractivity contribution in [3.8, 4) is 0 Å². The molecule has 0 spiro atoms. The molecule has 8 heteroatoms. The summed E-state index contributed by atoms with van der Waals surface area (Å²) in [5.41, 5.74) is 3.35. The number of nitrogens with one attached hydrogen (secondary N) is 1. The van der Waals surface area contributed by atoms with E-state index >= 15 is 0 Å². The summed E-state index contributed by atoms with van der Waals surface area (Å²) < 4.78 is 38.2. The second kappa shape index (κ2) is 7.11. The van der Waals surface area contributed by atoms with Crippen LogP contribution in [0.2, 0.25) is 0 Å². The zero-order valence-electron chi connectivity index (χ0n) is 12.6. The van der Waals surface area contributed by atoms with Crippen LogP contribution in [0, 0.1) is 11.3 Å². The normalized spacial score (nSPS) is 15.7. The summed E-state index contributed by atoms with van der Waals surface area (Å²) in [7, 11) is 0. The van der Waals surface area contributed by atoms with E-state index in [-0.39, 0.29) is 12.3 Å². The van der Waals surface area contributed by atoms with Crippen LogP contribution >= 0.6 is 0 Å². The van der Waals surface area contributed by atoms with Gasteiger partial charge in [0.1, 0.15) is 6.04 Å². The highest BCUT2D eigenvalue weighted by Crippen LogP contribution is 2.40. The molecule has 0 aliphatic heterocycles. The number of amides is 1. The topological polar surface area (TPSA) is 92.4 Å². The van der Waals surface area contributed by atoms with Gasteiger partial charge < -0.3 is 16.2 Å². The first kappa shape index (κ1) is 19.7. The van der Waals surface area contributed by atoms with E-state index < -0.39 is 42.0 Å². The molecule has 5 nitrogen and oxygen atoms in total. The molecule has 0 aromatic carbocycles. The Hall–Kier alpha value is -1.31. The first-order valence-corrected chi connectivity index (χ1v) is 6.63. The largest absolute Gasteiger partial charge is 0.480 e. The zero-order valence-corrected chi connectivity index (χ0v) is 12.6. The van der Waals surface area contributed by atoms with Crippen LogP contribution in [0.3, 0.4) is 0 Å². The highest BCUT2D eigenvalue weighted by atomic mass is 19.4. The van der Waals surface area contributed by atoms with E-state index in [2.05, 4.69) is 5.32 Å². The molecule has 2 atom stereocenters. The van der Waals surface area contributed by atoms with E-state index in [4.69, 9.17) is 10.8 Å². The Kier molecular flexibility index (Phi) is 6.66. The Morgan fingerprint density at radius 2 is 1.71 bits per heavy atom. The summed E-state index contributed by atoms with van der Waals surface area (Å²) in [6.07, 6.45) is -4.93.